The Hall–Kier alpha value is -4.11. The molecule has 0 radical (unpaired) electrons. The number of ether oxygens (including phenoxy) is 3. The second-order valence-electron chi connectivity index (χ2n) is 12.8. The van der Waals surface area contributed by atoms with Crippen molar-refractivity contribution in [3.63, 3.8) is 0 Å². The van der Waals surface area contributed by atoms with Crippen molar-refractivity contribution in [2.45, 2.75) is 65.0 Å². The highest BCUT2D eigenvalue weighted by Gasteiger charge is 2.42. The molecule has 3 heterocycles. The van der Waals surface area contributed by atoms with Gasteiger partial charge in [0.25, 0.3) is 5.69 Å². The molecule has 238 valence electrons. The summed E-state index contributed by atoms with van der Waals surface area (Å²) >= 11 is 0. The first-order valence-corrected chi connectivity index (χ1v) is 16.0. The van der Waals surface area contributed by atoms with Crippen LogP contribution >= 0.6 is 0 Å². The summed E-state index contributed by atoms with van der Waals surface area (Å²) in [6, 6.07) is 14.7. The van der Waals surface area contributed by atoms with Crippen LogP contribution in [0.25, 0.3) is 0 Å². The molecule has 1 amide bonds. The second kappa shape index (κ2) is 12.7. The fourth-order valence-corrected chi connectivity index (χ4v) is 7.80. The predicted molar refractivity (Wildman–Crippen MR) is 172 cm³/mol. The molecule has 0 saturated carbocycles. The molecular weight excluding hydrogens is 570 g/mol. The Morgan fingerprint density at radius 3 is 2.27 bits per heavy atom. The summed E-state index contributed by atoms with van der Waals surface area (Å²) in [5.74, 6) is 2.50. The van der Waals surface area contributed by atoms with Crippen LogP contribution in [0, 0.1) is 35.8 Å². The molecule has 3 aromatic carbocycles. The summed E-state index contributed by atoms with van der Waals surface area (Å²) in [7, 11) is 3.28. The topological polar surface area (TPSA) is 94.4 Å². The second-order valence-corrected chi connectivity index (χ2v) is 12.8. The van der Waals surface area contributed by atoms with Gasteiger partial charge in [-0.25, -0.2) is 4.79 Å². The Bertz CT molecular complexity index is 1590. The first kappa shape index (κ1) is 30.9. The number of piperidine rings is 1. The maximum absolute atomic E-state index is 13.8. The van der Waals surface area contributed by atoms with E-state index in [2.05, 4.69) is 37.8 Å². The molecule has 0 aromatic heterocycles. The third-order valence-electron chi connectivity index (χ3n) is 10.4. The van der Waals surface area contributed by atoms with Gasteiger partial charge in [-0.15, -0.1) is 0 Å². The van der Waals surface area contributed by atoms with Gasteiger partial charge in [-0.05, 0) is 109 Å². The Morgan fingerprint density at radius 1 is 0.911 bits per heavy atom. The number of carbonyl (C=O) groups is 1. The molecule has 0 bridgehead atoms. The molecule has 4 unspecified atom stereocenters. The van der Waals surface area contributed by atoms with Crippen LogP contribution in [-0.2, 0) is 12.8 Å². The molecule has 3 aliphatic rings. The van der Waals surface area contributed by atoms with Crippen molar-refractivity contribution < 1.29 is 23.9 Å². The number of nitro groups is 1. The molecule has 3 aromatic rings. The van der Waals surface area contributed by atoms with Gasteiger partial charge in [0, 0.05) is 37.8 Å². The number of fused-ring (bicyclic) bond motifs is 4. The van der Waals surface area contributed by atoms with E-state index in [-0.39, 0.29) is 17.5 Å². The minimum absolute atomic E-state index is 0.0489. The van der Waals surface area contributed by atoms with E-state index in [4.69, 9.17) is 14.2 Å². The summed E-state index contributed by atoms with van der Waals surface area (Å²) in [6.45, 7) is 9.33. The van der Waals surface area contributed by atoms with Crippen LogP contribution < -0.4 is 14.2 Å². The fourth-order valence-electron chi connectivity index (χ4n) is 7.80. The van der Waals surface area contributed by atoms with Crippen LogP contribution in [0.3, 0.4) is 0 Å². The van der Waals surface area contributed by atoms with Crippen molar-refractivity contribution in [2.24, 2.45) is 11.8 Å². The van der Waals surface area contributed by atoms with E-state index in [0.29, 0.717) is 42.3 Å². The van der Waals surface area contributed by atoms with Crippen molar-refractivity contribution in [1.29, 1.82) is 0 Å². The van der Waals surface area contributed by atoms with Gasteiger partial charge >= 0.3 is 6.09 Å². The molecule has 0 aliphatic carbocycles. The number of nitro benzene ring substituents is 1. The first-order chi connectivity index (χ1) is 21.7. The van der Waals surface area contributed by atoms with E-state index in [9.17, 15) is 14.9 Å². The summed E-state index contributed by atoms with van der Waals surface area (Å²) < 4.78 is 17.2. The predicted octanol–water partition coefficient (Wildman–Crippen LogP) is 7.36. The lowest BCUT2D eigenvalue weighted by molar-refractivity contribution is -0.384. The van der Waals surface area contributed by atoms with Crippen molar-refractivity contribution in [3.05, 3.63) is 92.0 Å². The van der Waals surface area contributed by atoms with Gasteiger partial charge < -0.3 is 19.1 Å². The number of benzene rings is 3. The number of hydrogen-bond donors (Lipinski definition) is 0. The van der Waals surface area contributed by atoms with Crippen molar-refractivity contribution in [2.75, 3.05) is 33.9 Å². The zero-order valence-corrected chi connectivity index (χ0v) is 26.9. The number of nitrogens with zero attached hydrogens (tertiary/aromatic N) is 3. The van der Waals surface area contributed by atoms with E-state index in [1.807, 2.05) is 17.0 Å². The number of rotatable bonds is 7. The minimum Gasteiger partial charge on any atom is -0.493 e. The van der Waals surface area contributed by atoms with Gasteiger partial charge in [0.15, 0.2) is 11.5 Å². The van der Waals surface area contributed by atoms with E-state index in [1.54, 1.807) is 14.2 Å². The SMILES string of the molecule is CCC1CN2CCc3cc(C)c(C)cc3C2CC1CC1c2cc(OC)c(OC)cc2CCN1C(=O)Oc1ccc([N+](=O)[O-])cc1. The van der Waals surface area contributed by atoms with E-state index >= 15 is 0 Å². The lowest BCUT2D eigenvalue weighted by Gasteiger charge is -2.49. The quantitative estimate of drug-likeness (QED) is 0.203. The average molecular weight is 614 g/mol. The van der Waals surface area contributed by atoms with Crippen LogP contribution in [0.5, 0.6) is 17.2 Å². The van der Waals surface area contributed by atoms with Gasteiger partial charge in [-0.1, -0.05) is 25.5 Å². The smallest absolute Gasteiger partial charge is 0.415 e. The highest BCUT2D eigenvalue weighted by molar-refractivity contribution is 5.72. The lowest BCUT2D eigenvalue weighted by Crippen LogP contribution is -2.48. The van der Waals surface area contributed by atoms with Gasteiger partial charge in [-0.3, -0.25) is 15.0 Å². The molecule has 45 heavy (non-hydrogen) atoms. The molecular formula is C36H43N3O6. The van der Waals surface area contributed by atoms with Crippen molar-refractivity contribution in [1.82, 2.24) is 9.80 Å². The molecule has 1 fully saturated rings. The van der Waals surface area contributed by atoms with E-state index in [1.165, 1.54) is 46.5 Å². The summed E-state index contributed by atoms with van der Waals surface area (Å²) in [5.41, 5.74) is 7.80. The number of aryl methyl sites for hydroxylation is 2. The molecule has 0 spiro atoms. The zero-order valence-electron chi connectivity index (χ0n) is 26.9. The highest BCUT2D eigenvalue weighted by atomic mass is 16.6. The summed E-state index contributed by atoms with van der Waals surface area (Å²) in [6.07, 6.45) is 4.22. The van der Waals surface area contributed by atoms with E-state index in [0.717, 1.165) is 49.9 Å². The first-order valence-electron chi connectivity index (χ1n) is 16.0. The Kier molecular flexibility index (Phi) is 8.73. The van der Waals surface area contributed by atoms with Crippen molar-refractivity contribution >= 4 is 11.8 Å². The maximum Gasteiger partial charge on any atom is 0.415 e. The molecule has 9 nitrogen and oxygen atoms in total. The standard InChI is InChI=1S/C36H43N3O6/c1-6-24-21-37-13-11-25-15-22(2)23(3)16-30(25)32(37)17-27(24)18-33-31-20-35(44-5)34(43-4)19-26(31)12-14-38(33)36(40)45-29-9-7-28(8-10-29)39(41)42/h7-10,15-16,19-20,24,27,32-33H,6,11-14,17-18,21H2,1-5H3. The average Bonchev–Trinajstić information content (AvgIpc) is 3.04. The number of hydrogen-bond acceptors (Lipinski definition) is 7. The van der Waals surface area contributed by atoms with Crippen LogP contribution in [-0.4, -0.2) is 54.7 Å². The van der Waals surface area contributed by atoms with Gasteiger partial charge in [0.2, 0.25) is 0 Å². The largest absolute Gasteiger partial charge is 0.493 e. The summed E-state index contributed by atoms with van der Waals surface area (Å²) in [4.78, 5) is 29.0. The maximum atomic E-state index is 13.8. The Morgan fingerprint density at radius 2 is 1.58 bits per heavy atom. The number of methoxy groups -OCH3 is 2. The summed E-state index contributed by atoms with van der Waals surface area (Å²) in [5, 5.41) is 11.1. The highest BCUT2D eigenvalue weighted by Crippen LogP contribution is 2.48. The van der Waals surface area contributed by atoms with Gasteiger partial charge in [-0.2, -0.15) is 0 Å². The van der Waals surface area contributed by atoms with Crippen LogP contribution in [0.4, 0.5) is 10.5 Å². The van der Waals surface area contributed by atoms with E-state index < -0.39 is 11.0 Å². The molecule has 0 N–H and O–H groups in total. The molecule has 9 heteroatoms. The zero-order chi connectivity index (χ0) is 31.8. The Labute approximate surface area is 265 Å². The van der Waals surface area contributed by atoms with Crippen molar-refractivity contribution in [3.8, 4) is 17.2 Å². The van der Waals surface area contributed by atoms with Gasteiger partial charge in [0.05, 0.1) is 25.2 Å². The fraction of sp³-hybridized carbons (Fsp3) is 0.472. The monoisotopic (exact) mass is 613 g/mol. The molecule has 1 saturated heterocycles. The van der Waals surface area contributed by atoms with Crippen LogP contribution in [0.2, 0.25) is 0 Å². The molecule has 4 atom stereocenters. The minimum atomic E-state index is -0.465. The molecule has 6 rings (SSSR count). The van der Waals surface area contributed by atoms with Crippen LogP contribution in [0.1, 0.15) is 71.7 Å². The number of non-ortho nitro benzene ring substituents is 1. The third-order valence-corrected chi connectivity index (χ3v) is 10.4. The Balaban J connectivity index is 1.33. The molecule has 3 aliphatic heterocycles. The van der Waals surface area contributed by atoms with Crippen LogP contribution in [0.15, 0.2) is 48.5 Å². The van der Waals surface area contributed by atoms with Gasteiger partial charge in [0.1, 0.15) is 5.75 Å². The third kappa shape index (κ3) is 5.98. The normalized spacial score (nSPS) is 22.6. The lowest BCUT2D eigenvalue weighted by atomic mass is 9.72. The number of carbonyl (C=O) groups excluding carboxylic acids is 1. The number of amides is 1.